The molecule has 4 aromatic rings. The molecule has 6 heteroatoms. The van der Waals surface area contributed by atoms with E-state index in [9.17, 15) is 4.79 Å². The summed E-state index contributed by atoms with van der Waals surface area (Å²) in [4.78, 5) is 14.2. The van der Waals surface area contributed by atoms with E-state index in [2.05, 4.69) is 40.5 Å². The maximum atomic E-state index is 11.8. The van der Waals surface area contributed by atoms with E-state index in [4.69, 9.17) is 9.84 Å². The van der Waals surface area contributed by atoms with Crippen molar-refractivity contribution < 1.29 is 9.53 Å². The number of nitrogens with one attached hydrogen (secondary N) is 1. The van der Waals surface area contributed by atoms with E-state index in [-0.39, 0.29) is 5.91 Å². The minimum absolute atomic E-state index is 0.00304. The zero-order valence-corrected chi connectivity index (χ0v) is 21.4. The number of piperidine rings is 1. The standard InChI is InChI=1S/C31H34N4O2/c1-2-31(36)32-26-15-11-25(12-16-26)30-23-29(33-35(30)27-9-5-3-6-10-27)24-13-17-28(18-14-24)37-22-21-34-19-7-4-8-20-34/h3,5-6,9-18,23H,2,4,7-8,19-22H2,1H3,(H,32,36). The molecular weight excluding hydrogens is 460 g/mol. The molecule has 1 aliphatic heterocycles. The number of carbonyl (C=O) groups excluding carboxylic acids is 1. The van der Waals surface area contributed by atoms with Gasteiger partial charge in [0.1, 0.15) is 12.4 Å². The van der Waals surface area contributed by atoms with Crippen LogP contribution < -0.4 is 10.1 Å². The van der Waals surface area contributed by atoms with Gasteiger partial charge in [-0.25, -0.2) is 4.68 Å². The predicted molar refractivity (Wildman–Crippen MR) is 149 cm³/mol. The van der Waals surface area contributed by atoms with Gasteiger partial charge in [-0.15, -0.1) is 0 Å². The number of para-hydroxylation sites is 1. The van der Waals surface area contributed by atoms with E-state index in [0.717, 1.165) is 46.2 Å². The average Bonchev–Trinajstić information content (AvgIpc) is 3.40. The monoisotopic (exact) mass is 494 g/mol. The van der Waals surface area contributed by atoms with Crippen LogP contribution in [0, 0.1) is 0 Å². The highest BCUT2D eigenvalue weighted by molar-refractivity contribution is 5.90. The summed E-state index contributed by atoms with van der Waals surface area (Å²) < 4.78 is 7.99. The largest absolute Gasteiger partial charge is 0.492 e. The molecule has 1 aromatic heterocycles. The van der Waals surface area contributed by atoms with E-state index in [1.54, 1.807) is 0 Å². The number of amides is 1. The van der Waals surface area contributed by atoms with Gasteiger partial charge in [0.2, 0.25) is 5.91 Å². The van der Waals surface area contributed by atoms with Gasteiger partial charge in [0, 0.05) is 29.8 Å². The average molecular weight is 495 g/mol. The number of rotatable bonds is 9. The lowest BCUT2D eigenvalue weighted by Crippen LogP contribution is -2.33. The molecule has 3 aromatic carbocycles. The highest BCUT2D eigenvalue weighted by atomic mass is 16.5. The summed E-state index contributed by atoms with van der Waals surface area (Å²) in [7, 11) is 0. The molecule has 0 aliphatic carbocycles. The number of anilines is 1. The molecule has 1 fully saturated rings. The van der Waals surface area contributed by atoms with Gasteiger partial charge < -0.3 is 10.1 Å². The second-order valence-electron chi connectivity index (χ2n) is 9.42. The van der Waals surface area contributed by atoms with Crippen LogP contribution in [0.4, 0.5) is 5.69 Å². The van der Waals surface area contributed by atoms with Crippen molar-refractivity contribution in [1.29, 1.82) is 0 Å². The molecule has 5 rings (SSSR count). The minimum atomic E-state index is 0.00304. The van der Waals surface area contributed by atoms with Crippen molar-refractivity contribution in [2.75, 3.05) is 31.6 Å². The zero-order chi connectivity index (χ0) is 25.5. The Bertz CT molecular complexity index is 1290. The molecule has 0 unspecified atom stereocenters. The fourth-order valence-corrected chi connectivity index (χ4v) is 4.67. The summed E-state index contributed by atoms with van der Waals surface area (Å²) in [6, 6.07) is 28.3. The summed E-state index contributed by atoms with van der Waals surface area (Å²) >= 11 is 0. The Morgan fingerprint density at radius 2 is 1.59 bits per heavy atom. The molecule has 190 valence electrons. The maximum absolute atomic E-state index is 11.8. The third-order valence-corrected chi connectivity index (χ3v) is 6.77. The topological polar surface area (TPSA) is 59.4 Å². The number of ether oxygens (including phenoxy) is 1. The van der Waals surface area contributed by atoms with Crippen molar-refractivity contribution in [2.45, 2.75) is 32.6 Å². The van der Waals surface area contributed by atoms with E-state index in [1.807, 2.05) is 66.2 Å². The first-order valence-corrected chi connectivity index (χ1v) is 13.2. The normalized spacial score (nSPS) is 13.9. The summed E-state index contributed by atoms with van der Waals surface area (Å²) in [6.45, 7) is 5.90. The van der Waals surface area contributed by atoms with Crippen LogP contribution in [0.25, 0.3) is 28.2 Å². The van der Waals surface area contributed by atoms with Crippen LogP contribution >= 0.6 is 0 Å². The summed E-state index contributed by atoms with van der Waals surface area (Å²) in [5.74, 6) is 0.886. The van der Waals surface area contributed by atoms with Gasteiger partial charge in [-0.3, -0.25) is 9.69 Å². The molecule has 37 heavy (non-hydrogen) atoms. The highest BCUT2D eigenvalue weighted by Crippen LogP contribution is 2.30. The third-order valence-electron chi connectivity index (χ3n) is 6.77. The van der Waals surface area contributed by atoms with Gasteiger partial charge in [0.15, 0.2) is 0 Å². The summed E-state index contributed by atoms with van der Waals surface area (Å²) in [5, 5.41) is 7.87. The lowest BCUT2D eigenvalue weighted by molar-refractivity contribution is -0.115. The van der Waals surface area contributed by atoms with Gasteiger partial charge in [-0.05, 0) is 80.5 Å². The minimum Gasteiger partial charge on any atom is -0.492 e. The third kappa shape index (κ3) is 6.27. The lowest BCUT2D eigenvalue weighted by Gasteiger charge is -2.26. The smallest absolute Gasteiger partial charge is 0.224 e. The van der Waals surface area contributed by atoms with Crippen molar-refractivity contribution in [3.05, 3.63) is 84.9 Å². The molecule has 6 nitrogen and oxygen atoms in total. The predicted octanol–water partition coefficient (Wildman–Crippen LogP) is 6.42. The Balaban J connectivity index is 1.35. The first kappa shape index (κ1) is 24.8. The Labute approximate surface area is 218 Å². The molecule has 0 spiro atoms. The SMILES string of the molecule is CCC(=O)Nc1ccc(-c2cc(-c3ccc(OCCN4CCCCC4)cc3)nn2-c2ccccc2)cc1. The van der Waals surface area contributed by atoms with Gasteiger partial charge in [-0.2, -0.15) is 5.10 Å². The van der Waals surface area contributed by atoms with Crippen LogP contribution in [0.5, 0.6) is 5.75 Å². The molecule has 2 heterocycles. The fourth-order valence-electron chi connectivity index (χ4n) is 4.67. The first-order valence-electron chi connectivity index (χ1n) is 13.2. The van der Waals surface area contributed by atoms with E-state index >= 15 is 0 Å². The van der Waals surface area contributed by atoms with Crippen molar-refractivity contribution in [3.8, 4) is 34.0 Å². The Hall–Kier alpha value is -3.90. The van der Waals surface area contributed by atoms with Crippen LogP contribution in [-0.2, 0) is 4.79 Å². The molecule has 1 amide bonds. The van der Waals surface area contributed by atoms with E-state index in [1.165, 1.54) is 32.4 Å². The molecule has 1 aliphatic rings. The van der Waals surface area contributed by atoms with E-state index < -0.39 is 0 Å². The van der Waals surface area contributed by atoms with Crippen LogP contribution in [0.1, 0.15) is 32.6 Å². The molecule has 1 saturated heterocycles. The number of aromatic nitrogens is 2. The van der Waals surface area contributed by atoms with Gasteiger partial charge in [0.05, 0.1) is 17.1 Å². The number of likely N-dealkylation sites (tertiary alicyclic amines) is 1. The Kier molecular flexibility index (Phi) is 7.96. The van der Waals surface area contributed by atoms with Gasteiger partial charge in [0.25, 0.3) is 0 Å². The summed E-state index contributed by atoms with van der Waals surface area (Å²) in [6.07, 6.45) is 4.40. The number of benzene rings is 3. The van der Waals surface area contributed by atoms with Crippen LogP contribution in [0.3, 0.4) is 0 Å². The Morgan fingerprint density at radius 1 is 0.892 bits per heavy atom. The molecular formula is C31H34N4O2. The zero-order valence-electron chi connectivity index (χ0n) is 21.4. The van der Waals surface area contributed by atoms with Crippen molar-refractivity contribution >= 4 is 11.6 Å². The van der Waals surface area contributed by atoms with Gasteiger partial charge >= 0.3 is 0 Å². The second-order valence-corrected chi connectivity index (χ2v) is 9.42. The molecule has 0 atom stereocenters. The highest BCUT2D eigenvalue weighted by Gasteiger charge is 2.14. The molecule has 1 N–H and O–H groups in total. The van der Waals surface area contributed by atoms with Crippen molar-refractivity contribution in [1.82, 2.24) is 14.7 Å². The summed E-state index contributed by atoms with van der Waals surface area (Å²) in [5.41, 5.74) is 5.71. The molecule has 0 saturated carbocycles. The van der Waals surface area contributed by atoms with Crippen LogP contribution in [-0.4, -0.2) is 46.8 Å². The molecule has 0 bridgehead atoms. The number of carbonyl (C=O) groups is 1. The number of hydrogen-bond acceptors (Lipinski definition) is 4. The van der Waals surface area contributed by atoms with Crippen molar-refractivity contribution in [3.63, 3.8) is 0 Å². The van der Waals surface area contributed by atoms with E-state index in [0.29, 0.717) is 13.0 Å². The molecule has 0 radical (unpaired) electrons. The van der Waals surface area contributed by atoms with Gasteiger partial charge in [-0.1, -0.05) is 43.7 Å². The second kappa shape index (κ2) is 11.9. The maximum Gasteiger partial charge on any atom is 0.224 e. The number of nitrogens with zero attached hydrogens (tertiary/aromatic N) is 3. The van der Waals surface area contributed by atoms with Crippen LogP contribution in [0.2, 0.25) is 0 Å². The lowest BCUT2D eigenvalue weighted by atomic mass is 10.1. The Morgan fingerprint density at radius 3 is 2.30 bits per heavy atom. The first-order chi connectivity index (χ1) is 18.2. The fraction of sp³-hybridized carbons (Fsp3) is 0.290. The van der Waals surface area contributed by atoms with Crippen molar-refractivity contribution in [2.24, 2.45) is 0 Å². The number of hydrogen-bond donors (Lipinski definition) is 1. The van der Waals surface area contributed by atoms with Crippen LogP contribution in [0.15, 0.2) is 84.9 Å². The quantitative estimate of drug-likeness (QED) is 0.292.